The zero-order chi connectivity index (χ0) is 18.1. The number of nitrogens with one attached hydrogen (secondary N) is 1. The summed E-state index contributed by atoms with van der Waals surface area (Å²) in [6, 6.07) is 5.64. The molecule has 3 aromatic rings. The second kappa shape index (κ2) is 6.19. The first kappa shape index (κ1) is 16.4. The number of aromatic nitrogens is 3. The number of fused-ring (bicyclic) bond motifs is 1. The number of halogens is 1. The Kier molecular flexibility index (Phi) is 4.05. The van der Waals surface area contributed by atoms with Crippen molar-refractivity contribution >= 4 is 34.4 Å². The van der Waals surface area contributed by atoms with Crippen molar-refractivity contribution in [2.75, 3.05) is 11.1 Å². The van der Waals surface area contributed by atoms with Gasteiger partial charge in [0.15, 0.2) is 5.65 Å². The predicted molar refractivity (Wildman–Crippen MR) is 92.1 cm³/mol. The number of benzene rings is 1. The summed E-state index contributed by atoms with van der Waals surface area (Å²) in [5.41, 5.74) is 11.1. The van der Waals surface area contributed by atoms with Gasteiger partial charge in [0.05, 0.1) is 5.39 Å². The predicted octanol–water partition coefficient (Wildman–Crippen LogP) is 1.38. The number of hydrogen-bond donors (Lipinski definition) is 3. The van der Waals surface area contributed by atoms with E-state index in [1.807, 2.05) is 0 Å². The molecule has 0 aliphatic carbocycles. The lowest BCUT2D eigenvalue weighted by molar-refractivity contribution is 0.1000. The molecule has 1 aromatic carbocycles. The maximum atomic E-state index is 13.0. The molecule has 25 heavy (non-hydrogen) atoms. The summed E-state index contributed by atoms with van der Waals surface area (Å²) in [6.45, 7) is 2.16. The number of aryl methyl sites for hydroxylation is 1. The summed E-state index contributed by atoms with van der Waals surface area (Å²) < 4.78 is 14.5. The van der Waals surface area contributed by atoms with Gasteiger partial charge in [-0.25, -0.2) is 9.37 Å². The summed E-state index contributed by atoms with van der Waals surface area (Å²) in [5, 5.41) is 3.05. The molecule has 0 fully saturated rings. The van der Waals surface area contributed by atoms with Gasteiger partial charge in [-0.15, -0.1) is 0 Å². The number of rotatable bonds is 4. The van der Waals surface area contributed by atoms with Gasteiger partial charge in [-0.2, -0.15) is 4.98 Å². The first-order valence-electron chi connectivity index (χ1n) is 7.43. The highest BCUT2D eigenvalue weighted by Crippen LogP contribution is 2.19. The Morgan fingerprint density at radius 3 is 2.60 bits per heavy atom. The Labute approximate surface area is 141 Å². The van der Waals surface area contributed by atoms with Gasteiger partial charge in [-0.3, -0.25) is 9.59 Å². The highest BCUT2D eigenvalue weighted by molar-refractivity contribution is 6.00. The lowest BCUT2D eigenvalue weighted by Crippen LogP contribution is -2.28. The highest BCUT2D eigenvalue weighted by atomic mass is 19.1. The lowest BCUT2D eigenvalue weighted by atomic mass is 10.2. The fourth-order valence-corrected chi connectivity index (χ4v) is 2.52. The first-order valence-corrected chi connectivity index (χ1v) is 7.43. The normalized spacial score (nSPS) is 10.8. The number of nitrogens with two attached hydrogens (primary N) is 2. The van der Waals surface area contributed by atoms with Crippen molar-refractivity contribution in [3.05, 3.63) is 52.1 Å². The van der Waals surface area contributed by atoms with Gasteiger partial charge in [0.25, 0.3) is 5.91 Å². The van der Waals surface area contributed by atoms with Crippen LogP contribution in [0.2, 0.25) is 0 Å². The van der Waals surface area contributed by atoms with Crippen molar-refractivity contribution in [3.8, 4) is 0 Å². The standard InChI is InChI=1S/C16H15FN6O2/c1-2-23-13(18)11(14(19)25)12(24)10-7-20-16(22-15(10)23)21-9-5-3-8(17)4-6-9/h3-7H,2,18H2,1H3,(H2,19,25)(H,20,21,22). The Bertz CT molecular complexity index is 1030. The third-order valence-corrected chi connectivity index (χ3v) is 3.71. The molecule has 3 rings (SSSR count). The van der Waals surface area contributed by atoms with Crippen LogP contribution in [0.5, 0.6) is 0 Å². The molecule has 5 N–H and O–H groups in total. The molecule has 0 saturated carbocycles. The summed E-state index contributed by atoms with van der Waals surface area (Å²) >= 11 is 0. The van der Waals surface area contributed by atoms with Gasteiger partial charge in [0, 0.05) is 18.4 Å². The van der Waals surface area contributed by atoms with E-state index in [-0.39, 0.29) is 34.2 Å². The smallest absolute Gasteiger partial charge is 0.256 e. The van der Waals surface area contributed by atoms with Crippen LogP contribution >= 0.6 is 0 Å². The molecular formula is C16H15FN6O2. The number of pyridine rings is 1. The molecule has 0 bridgehead atoms. The molecule has 2 heterocycles. The summed E-state index contributed by atoms with van der Waals surface area (Å²) in [4.78, 5) is 32.3. The van der Waals surface area contributed by atoms with Crippen LogP contribution in [-0.2, 0) is 6.54 Å². The second-order valence-electron chi connectivity index (χ2n) is 5.26. The number of primary amides is 1. The highest BCUT2D eigenvalue weighted by Gasteiger charge is 2.19. The number of carbonyl (C=O) groups excluding carboxylic acids is 1. The minimum Gasteiger partial charge on any atom is -0.384 e. The Morgan fingerprint density at radius 2 is 2.00 bits per heavy atom. The van der Waals surface area contributed by atoms with Crippen molar-refractivity contribution < 1.29 is 9.18 Å². The first-order chi connectivity index (χ1) is 11.9. The van der Waals surface area contributed by atoms with Crippen molar-refractivity contribution in [2.24, 2.45) is 5.73 Å². The van der Waals surface area contributed by atoms with Crippen LogP contribution in [0.3, 0.4) is 0 Å². The third-order valence-electron chi connectivity index (χ3n) is 3.71. The van der Waals surface area contributed by atoms with Gasteiger partial charge < -0.3 is 21.4 Å². The third kappa shape index (κ3) is 2.87. The van der Waals surface area contributed by atoms with Crippen LogP contribution in [-0.4, -0.2) is 20.4 Å². The number of amides is 1. The van der Waals surface area contributed by atoms with Gasteiger partial charge in [-0.1, -0.05) is 0 Å². The quantitative estimate of drug-likeness (QED) is 0.657. The largest absolute Gasteiger partial charge is 0.384 e. The Morgan fingerprint density at radius 1 is 1.32 bits per heavy atom. The zero-order valence-corrected chi connectivity index (χ0v) is 13.3. The van der Waals surface area contributed by atoms with E-state index in [1.165, 1.54) is 35.0 Å². The molecular weight excluding hydrogens is 327 g/mol. The molecule has 0 aliphatic rings. The van der Waals surface area contributed by atoms with Crippen molar-refractivity contribution in [1.29, 1.82) is 0 Å². The SMILES string of the molecule is CCn1c(N)c(C(N)=O)c(=O)c2cnc(Nc3ccc(F)cc3)nc21. The average Bonchev–Trinajstić information content (AvgIpc) is 2.57. The fraction of sp³-hybridized carbons (Fsp3) is 0.125. The van der Waals surface area contributed by atoms with Gasteiger partial charge in [0.1, 0.15) is 17.2 Å². The number of nitrogen functional groups attached to an aromatic ring is 1. The summed E-state index contributed by atoms with van der Waals surface area (Å²) in [5.74, 6) is -1.11. The monoisotopic (exact) mass is 342 g/mol. The number of hydrogen-bond acceptors (Lipinski definition) is 6. The molecule has 0 unspecified atom stereocenters. The van der Waals surface area contributed by atoms with E-state index in [1.54, 1.807) is 6.92 Å². The van der Waals surface area contributed by atoms with E-state index in [0.717, 1.165) is 0 Å². The van der Waals surface area contributed by atoms with Gasteiger partial charge in [-0.05, 0) is 31.2 Å². The molecule has 0 aliphatic heterocycles. The molecule has 0 saturated heterocycles. The molecule has 8 nitrogen and oxygen atoms in total. The van der Waals surface area contributed by atoms with Gasteiger partial charge in [0.2, 0.25) is 11.4 Å². The van der Waals surface area contributed by atoms with Crippen molar-refractivity contribution in [2.45, 2.75) is 13.5 Å². The Balaban J connectivity index is 2.17. The minimum atomic E-state index is -0.903. The van der Waals surface area contributed by atoms with Crippen molar-refractivity contribution in [1.82, 2.24) is 14.5 Å². The van der Waals surface area contributed by atoms with E-state index in [0.29, 0.717) is 12.2 Å². The molecule has 0 spiro atoms. The van der Waals surface area contributed by atoms with E-state index < -0.39 is 11.3 Å². The van der Waals surface area contributed by atoms with Gasteiger partial charge >= 0.3 is 0 Å². The summed E-state index contributed by atoms with van der Waals surface area (Å²) in [7, 11) is 0. The zero-order valence-electron chi connectivity index (χ0n) is 13.3. The molecule has 1 amide bonds. The Hall–Kier alpha value is -3.49. The number of nitrogens with zero attached hydrogens (tertiary/aromatic N) is 3. The molecule has 9 heteroatoms. The average molecular weight is 342 g/mol. The van der Waals surface area contributed by atoms with Crippen LogP contribution in [0.25, 0.3) is 11.0 Å². The maximum Gasteiger partial charge on any atom is 0.256 e. The van der Waals surface area contributed by atoms with E-state index >= 15 is 0 Å². The maximum absolute atomic E-state index is 13.0. The number of anilines is 3. The molecule has 128 valence electrons. The molecule has 0 radical (unpaired) electrons. The minimum absolute atomic E-state index is 0.0427. The van der Waals surface area contributed by atoms with Crippen LogP contribution in [0, 0.1) is 5.82 Å². The molecule has 0 atom stereocenters. The van der Waals surface area contributed by atoms with Crippen LogP contribution in [0.4, 0.5) is 21.8 Å². The van der Waals surface area contributed by atoms with Crippen molar-refractivity contribution in [3.63, 3.8) is 0 Å². The lowest BCUT2D eigenvalue weighted by Gasteiger charge is -2.14. The van der Waals surface area contributed by atoms with E-state index in [9.17, 15) is 14.0 Å². The van der Waals surface area contributed by atoms with E-state index in [2.05, 4.69) is 15.3 Å². The van der Waals surface area contributed by atoms with Crippen LogP contribution < -0.4 is 22.2 Å². The van der Waals surface area contributed by atoms with E-state index in [4.69, 9.17) is 11.5 Å². The fourth-order valence-electron chi connectivity index (χ4n) is 2.52. The molecule has 2 aromatic heterocycles. The topological polar surface area (TPSA) is 129 Å². The summed E-state index contributed by atoms with van der Waals surface area (Å²) in [6.07, 6.45) is 1.30. The van der Waals surface area contributed by atoms with Crippen LogP contribution in [0.15, 0.2) is 35.3 Å². The second-order valence-corrected chi connectivity index (χ2v) is 5.26. The van der Waals surface area contributed by atoms with Crippen LogP contribution in [0.1, 0.15) is 17.3 Å². The number of carbonyl (C=O) groups is 1.